The first-order chi connectivity index (χ1) is 13.0. The van der Waals surface area contributed by atoms with Gasteiger partial charge in [-0.15, -0.1) is 5.10 Å². The number of hydrogen-bond acceptors (Lipinski definition) is 6. The van der Waals surface area contributed by atoms with Crippen LogP contribution in [0, 0.1) is 0 Å². The van der Waals surface area contributed by atoms with E-state index < -0.39 is 0 Å². The Kier molecular flexibility index (Phi) is 4.33. The van der Waals surface area contributed by atoms with E-state index in [1.54, 1.807) is 42.3 Å². The Balaban J connectivity index is 1.65. The summed E-state index contributed by atoms with van der Waals surface area (Å²) in [7, 11) is 1.79. The van der Waals surface area contributed by atoms with Crippen molar-refractivity contribution in [2.24, 2.45) is 7.05 Å². The van der Waals surface area contributed by atoms with Crippen LogP contribution in [0.4, 0.5) is 5.95 Å². The summed E-state index contributed by atoms with van der Waals surface area (Å²) in [5.74, 6) is 0.409. The highest BCUT2D eigenvalue weighted by atomic mass is 35.5. The minimum Gasteiger partial charge on any atom is -0.347 e. The van der Waals surface area contributed by atoms with Gasteiger partial charge in [0.25, 0.3) is 5.56 Å². The number of aromatic amines is 1. The lowest BCUT2D eigenvalue weighted by Crippen LogP contribution is -2.20. The molecule has 1 atom stereocenters. The van der Waals surface area contributed by atoms with Crippen LogP contribution in [0.1, 0.15) is 18.5 Å². The summed E-state index contributed by atoms with van der Waals surface area (Å²) < 4.78 is 1.63. The molecule has 1 aromatic carbocycles. The van der Waals surface area contributed by atoms with Gasteiger partial charge in [0.2, 0.25) is 5.95 Å². The quantitative estimate of drug-likeness (QED) is 0.563. The van der Waals surface area contributed by atoms with Crippen LogP contribution in [0.25, 0.3) is 22.3 Å². The molecule has 136 valence electrons. The molecule has 0 saturated heterocycles. The lowest BCUT2D eigenvalue weighted by Gasteiger charge is -2.14. The van der Waals surface area contributed by atoms with Crippen molar-refractivity contribution in [3.05, 3.63) is 63.7 Å². The van der Waals surface area contributed by atoms with Crippen molar-refractivity contribution in [2.45, 2.75) is 13.0 Å². The van der Waals surface area contributed by atoms with Gasteiger partial charge in [-0.2, -0.15) is 0 Å². The maximum atomic E-state index is 12.5. The third kappa shape index (κ3) is 3.39. The third-order valence-corrected chi connectivity index (χ3v) is 4.51. The molecule has 0 fully saturated rings. The Labute approximate surface area is 159 Å². The summed E-state index contributed by atoms with van der Waals surface area (Å²) in [6.07, 6.45) is 3.28. The largest absolute Gasteiger partial charge is 0.347 e. The fourth-order valence-electron chi connectivity index (χ4n) is 2.88. The molecular formula is C18H16ClN7O. The smallest absolute Gasteiger partial charge is 0.253 e. The van der Waals surface area contributed by atoms with E-state index in [0.717, 1.165) is 16.6 Å². The molecule has 4 rings (SSSR count). The number of H-pyrrole nitrogens is 1. The van der Waals surface area contributed by atoms with Gasteiger partial charge >= 0.3 is 0 Å². The molecule has 0 radical (unpaired) electrons. The fraction of sp³-hybridized carbons (Fsp3) is 0.167. The van der Waals surface area contributed by atoms with Gasteiger partial charge in [0.1, 0.15) is 5.69 Å². The van der Waals surface area contributed by atoms with Crippen molar-refractivity contribution in [1.82, 2.24) is 29.9 Å². The standard InChI is InChI=1S/C18H16ClN7O/c1-10(13-8-11-7-12(19)3-4-14(11)23-17(13)27)22-18-20-6-5-15(24-18)16-9-21-25-26(16)2/h3-10H,1-2H3,(H,23,27)(H,20,22,24). The van der Waals surface area contributed by atoms with Crippen molar-refractivity contribution in [3.8, 4) is 11.4 Å². The SMILES string of the molecule is CC(Nc1nccc(-c2cnnn2C)n1)c1cc2cc(Cl)ccc2[nH]c1=O. The molecule has 0 aliphatic rings. The van der Waals surface area contributed by atoms with Crippen LogP contribution in [0.2, 0.25) is 5.02 Å². The van der Waals surface area contributed by atoms with Crippen LogP contribution in [0.3, 0.4) is 0 Å². The second-order valence-electron chi connectivity index (χ2n) is 6.16. The molecule has 3 heterocycles. The number of pyridine rings is 1. The van der Waals surface area contributed by atoms with E-state index in [0.29, 0.717) is 22.2 Å². The molecule has 2 N–H and O–H groups in total. The molecule has 0 spiro atoms. The molecule has 0 bridgehead atoms. The van der Waals surface area contributed by atoms with Crippen LogP contribution in [-0.4, -0.2) is 29.9 Å². The van der Waals surface area contributed by atoms with E-state index in [1.165, 1.54) is 0 Å². The summed E-state index contributed by atoms with van der Waals surface area (Å²) in [6, 6.07) is 8.64. The minimum atomic E-state index is -0.308. The number of nitrogens with one attached hydrogen (secondary N) is 2. The second-order valence-corrected chi connectivity index (χ2v) is 6.60. The van der Waals surface area contributed by atoms with Gasteiger partial charge in [0.15, 0.2) is 0 Å². The highest BCUT2D eigenvalue weighted by Gasteiger charge is 2.14. The zero-order chi connectivity index (χ0) is 19.0. The predicted octanol–water partition coefficient (Wildman–Crippen LogP) is 2.94. The van der Waals surface area contributed by atoms with E-state index in [1.807, 2.05) is 19.1 Å². The highest BCUT2D eigenvalue weighted by molar-refractivity contribution is 6.31. The number of nitrogens with zero attached hydrogens (tertiary/aromatic N) is 5. The van der Waals surface area contributed by atoms with Crippen molar-refractivity contribution < 1.29 is 0 Å². The molecule has 1 unspecified atom stereocenters. The zero-order valence-corrected chi connectivity index (χ0v) is 15.4. The minimum absolute atomic E-state index is 0.170. The van der Waals surface area contributed by atoms with Gasteiger partial charge in [0, 0.05) is 34.7 Å². The molecule has 0 aliphatic heterocycles. The zero-order valence-electron chi connectivity index (χ0n) is 14.6. The highest BCUT2D eigenvalue weighted by Crippen LogP contribution is 2.22. The molecule has 3 aromatic heterocycles. The average Bonchev–Trinajstić information content (AvgIpc) is 3.07. The fourth-order valence-corrected chi connectivity index (χ4v) is 3.06. The van der Waals surface area contributed by atoms with Crippen molar-refractivity contribution in [1.29, 1.82) is 0 Å². The first-order valence-corrected chi connectivity index (χ1v) is 8.66. The molecule has 0 aliphatic carbocycles. The van der Waals surface area contributed by atoms with Gasteiger partial charge in [0.05, 0.1) is 17.9 Å². The normalized spacial score (nSPS) is 12.3. The summed E-state index contributed by atoms with van der Waals surface area (Å²) in [5.41, 5.74) is 2.60. The van der Waals surface area contributed by atoms with Gasteiger partial charge < -0.3 is 10.3 Å². The van der Waals surface area contributed by atoms with Gasteiger partial charge in [-0.3, -0.25) is 4.79 Å². The first kappa shape index (κ1) is 17.2. The topological polar surface area (TPSA) is 101 Å². The lowest BCUT2D eigenvalue weighted by molar-refractivity contribution is 0.719. The molecule has 27 heavy (non-hydrogen) atoms. The van der Waals surface area contributed by atoms with Crippen LogP contribution in [0.15, 0.2) is 47.5 Å². The molecule has 9 heteroatoms. The van der Waals surface area contributed by atoms with Crippen LogP contribution in [0.5, 0.6) is 0 Å². The molecular weight excluding hydrogens is 366 g/mol. The van der Waals surface area contributed by atoms with Crippen molar-refractivity contribution >= 4 is 28.5 Å². The number of halogens is 1. The number of anilines is 1. The Bertz CT molecular complexity index is 1180. The monoisotopic (exact) mass is 381 g/mol. The van der Waals surface area contributed by atoms with E-state index in [4.69, 9.17) is 11.6 Å². The number of fused-ring (bicyclic) bond motifs is 1. The molecule has 8 nitrogen and oxygen atoms in total. The Morgan fingerprint density at radius 1 is 1.26 bits per heavy atom. The first-order valence-electron chi connectivity index (χ1n) is 8.28. The Morgan fingerprint density at radius 3 is 2.89 bits per heavy atom. The van der Waals surface area contributed by atoms with E-state index in [-0.39, 0.29) is 11.6 Å². The van der Waals surface area contributed by atoms with Crippen LogP contribution >= 0.6 is 11.6 Å². The summed E-state index contributed by atoms with van der Waals surface area (Å²) in [5, 5.41) is 12.4. The second kappa shape index (κ2) is 6.81. The van der Waals surface area contributed by atoms with Crippen molar-refractivity contribution in [3.63, 3.8) is 0 Å². The molecule has 0 amide bonds. The molecule has 0 saturated carbocycles. The van der Waals surface area contributed by atoms with Crippen LogP contribution < -0.4 is 10.9 Å². The summed E-state index contributed by atoms with van der Waals surface area (Å²) >= 11 is 6.06. The van der Waals surface area contributed by atoms with Crippen LogP contribution in [-0.2, 0) is 7.05 Å². The maximum Gasteiger partial charge on any atom is 0.253 e. The number of rotatable bonds is 4. The van der Waals surface area contributed by atoms with Crippen molar-refractivity contribution in [2.75, 3.05) is 5.32 Å². The van der Waals surface area contributed by atoms with Gasteiger partial charge in [-0.1, -0.05) is 16.8 Å². The number of aromatic nitrogens is 6. The van der Waals surface area contributed by atoms with E-state index in [2.05, 4.69) is 30.6 Å². The summed E-state index contributed by atoms with van der Waals surface area (Å²) in [6.45, 7) is 1.88. The lowest BCUT2D eigenvalue weighted by atomic mass is 10.1. The van der Waals surface area contributed by atoms with Gasteiger partial charge in [-0.25, -0.2) is 14.6 Å². The Morgan fingerprint density at radius 2 is 2.11 bits per heavy atom. The number of benzene rings is 1. The predicted molar refractivity (Wildman–Crippen MR) is 104 cm³/mol. The Hall–Kier alpha value is -3.26. The summed E-state index contributed by atoms with van der Waals surface area (Å²) in [4.78, 5) is 24.1. The third-order valence-electron chi connectivity index (χ3n) is 4.28. The molecule has 4 aromatic rings. The number of aryl methyl sites for hydroxylation is 1. The van der Waals surface area contributed by atoms with E-state index >= 15 is 0 Å². The van der Waals surface area contributed by atoms with E-state index in [9.17, 15) is 4.79 Å². The number of hydrogen-bond donors (Lipinski definition) is 2. The van der Waals surface area contributed by atoms with Gasteiger partial charge in [-0.05, 0) is 37.3 Å². The maximum absolute atomic E-state index is 12.5. The average molecular weight is 382 g/mol.